The second-order valence-corrected chi connectivity index (χ2v) is 7.25. The summed E-state index contributed by atoms with van der Waals surface area (Å²) in [5.41, 5.74) is 5.78. The van der Waals surface area contributed by atoms with Crippen LogP contribution in [0.15, 0.2) is 36.2 Å². The molecule has 1 aliphatic rings. The van der Waals surface area contributed by atoms with E-state index in [1.165, 1.54) is 18.5 Å². The second kappa shape index (κ2) is 9.43. The van der Waals surface area contributed by atoms with E-state index in [4.69, 9.17) is 5.73 Å². The highest BCUT2D eigenvalue weighted by Gasteiger charge is 2.34. The van der Waals surface area contributed by atoms with Crippen LogP contribution in [0.3, 0.4) is 0 Å². The monoisotopic (exact) mass is 390 g/mol. The van der Waals surface area contributed by atoms with Gasteiger partial charge in [-0.15, -0.1) is 0 Å². The molecule has 0 saturated carbocycles. The molecule has 0 fully saturated rings. The number of aromatic nitrogens is 1. The normalized spacial score (nSPS) is 22.9. The van der Waals surface area contributed by atoms with E-state index in [2.05, 4.69) is 15.6 Å². The smallest absolute Gasteiger partial charge is 0.253 e. The largest absolute Gasteiger partial charge is 0.390 e. The molecule has 9 heteroatoms. The van der Waals surface area contributed by atoms with Crippen molar-refractivity contribution in [1.82, 2.24) is 15.6 Å². The first-order chi connectivity index (χ1) is 13.2. The van der Waals surface area contributed by atoms with Crippen LogP contribution < -0.4 is 16.4 Å². The highest BCUT2D eigenvalue weighted by Crippen LogP contribution is 2.21. The molecule has 1 aromatic heterocycles. The Hall–Kier alpha value is -2.78. The molecule has 0 bridgehead atoms. The van der Waals surface area contributed by atoms with Crippen LogP contribution in [-0.2, 0) is 9.59 Å². The highest BCUT2D eigenvalue weighted by molar-refractivity contribution is 5.97. The van der Waals surface area contributed by atoms with Crippen molar-refractivity contribution in [2.24, 2.45) is 11.7 Å². The molecule has 0 aromatic carbocycles. The van der Waals surface area contributed by atoms with Gasteiger partial charge in [0.05, 0.1) is 17.7 Å². The van der Waals surface area contributed by atoms with E-state index in [0.717, 1.165) is 0 Å². The average molecular weight is 390 g/mol. The number of hydrogen-bond acceptors (Lipinski definition) is 6. The van der Waals surface area contributed by atoms with Crippen LogP contribution >= 0.6 is 0 Å². The van der Waals surface area contributed by atoms with Crippen molar-refractivity contribution in [1.29, 1.82) is 0 Å². The fraction of sp³-hybridized carbons (Fsp3) is 0.474. The number of rotatable bonds is 7. The maximum absolute atomic E-state index is 12.5. The second-order valence-electron chi connectivity index (χ2n) is 7.25. The zero-order valence-electron chi connectivity index (χ0n) is 15.8. The predicted octanol–water partition coefficient (Wildman–Crippen LogP) is -0.752. The van der Waals surface area contributed by atoms with Crippen molar-refractivity contribution in [2.75, 3.05) is 0 Å². The summed E-state index contributed by atoms with van der Waals surface area (Å²) >= 11 is 0. The fourth-order valence-corrected chi connectivity index (χ4v) is 2.96. The number of hydrogen-bond donors (Lipinski definition) is 5. The summed E-state index contributed by atoms with van der Waals surface area (Å²) in [5, 5.41) is 25.4. The zero-order chi connectivity index (χ0) is 20.8. The third-order valence-electron chi connectivity index (χ3n) is 4.44. The molecule has 0 radical (unpaired) electrons. The Morgan fingerprint density at radius 2 is 2.00 bits per heavy atom. The molecule has 3 amide bonds. The number of aliphatic hydroxyl groups excluding tert-OH is 2. The van der Waals surface area contributed by atoms with E-state index >= 15 is 0 Å². The van der Waals surface area contributed by atoms with Crippen molar-refractivity contribution in [2.45, 2.75) is 51.0 Å². The molecule has 1 aliphatic carbocycles. The molecular weight excluding hydrogens is 364 g/mol. The number of carbonyl (C=O) groups is 3. The summed E-state index contributed by atoms with van der Waals surface area (Å²) in [6.45, 7) is 3.79. The van der Waals surface area contributed by atoms with Crippen LogP contribution in [0.1, 0.15) is 37.0 Å². The van der Waals surface area contributed by atoms with E-state index in [1.54, 1.807) is 12.1 Å². The molecule has 2 rings (SSSR count). The van der Waals surface area contributed by atoms with E-state index in [-0.39, 0.29) is 23.5 Å². The van der Waals surface area contributed by atoms with Crippen LogP contribution in [0.2, 0.25) is 0 Å². The molecule has 0 saturated heterocycles. The van der Waals surface area contributed by atoms with Crippen LogP contribution in [0.25, 0.3) is 0 Å². The zero-order valence-corrected chi connectivity index (χ0v) is 15.8. The molecule has 1 heterocycles. The van der Waals surface area contributed by atoms with Gasteiger partial charge in [-0.2, -0.15) is 0 Å². The lowest BCUT2D eigenvalue weighted by molar-refractivity contribution is -0.126. The molecule has 28 heavy (non-hydrogen) atoms. The first-order valence-electron chi connectivity index (χ1n) is 9.07. The third kappa shape index (κ3) is 5.61. The molecule has 0 unspecified atom stereocenters. The van der Waals surface area contributed by atoms with E-state index in [0.29, 0.717) is 6.42 Å². The SMILES string of the molecule is CC(C)C[C@@H](NC(=O)C1=C[C@@H](NC(=O)c2cccnc2)[C@@H](O)[C@H](O)C1)C(N)=O. The number of primary amides is 1. The number of carbonyl (C=O) groups excluding carboxylic acids is 3. The Bertz CT molecular complexity index is 750. The van der Waals surface area contributed by atoms with Gasteiger partial charge in [0, 0.05) is 24.4 Å². The van der Waals surface area contributed by atoms with Gasteiger partial charge < -0.3 is 26.6 Å². The van der Waals surface area contributed by atoms with Gasteiger partial charge in [0.25, 0.3) is 5.91 Å². The molecule has 1 aromatic rings. The molecule has 0 spiro atoms. The minimum absolute atomic E-state index is 0.112. The van der Waals surface area contributed by atoms with Gasteiger partial charge in [-0.1, -0.05) is 19.9 Å². The van der Waals surface area contributed by atoms with Gasteiger partial charge in [-0.3, -0.25) is 19.4 Å². The fourth-order valence-electron chi connectivity index (χ4n) is 2.96. The highest BCUT2D eigenvalue weighted by atomic mass is 16.3. The minimum Gasteiger partial charge on any atom is -0.390 e. The maximum atomic E-state index is 12.5. The van der Waals surface area contributed by atoms with Gasteiger partial charge in [-0.05, 0) is 24.5 Å². The first kappa shape index (κ1) is 21.5. The molecule has 0 aliphatic heterocycles. The lowest BCUT2D eigenvalue weighted by atomic mass is 9.89. The number of pyridine rings is 1. The number of amides is 3. The number of nitrogens with two attached hydrogens (primary N) is 1. The van der Waals surface area contributed by atoms with Crippen LogP contribution in [0.5, 0.6) is 0 Å². The predicted molar refractivity (Wildman–Crippen MR) is 101 cm³/mol. The summed E-state index contributed by atoms with van der Waals surface area (Å²) in [7, 11) is 0. The van der Waals surface area contributed by atoms with Crippen molar-refractivity contribution in [3.63, 3.8) is 0 Å². The summed E-state index contributed by atoms with van der Waals surface area (Å²) < 4.78 is 0. The van der Waals surface area contributed by atoms with Crippen LogP contribution in [-0.4, -0.2) is 57.2 Å². The summed E-state index contributed by atoms with van der Waals surface area (Å²) in [6, 6.07) is 1.32. The summed E-state index contributed by atoms with van der Waals surface area (Å²) in [6.07, 6.45) is 2.00. The number of nitrogens with one attached hydrogen (secondary N) is 2. The molecule has 9 nitrogen and oxygen atoms in total. The number of nitrogens with zero attached hydrogens (tertiary/aromatic N) is 1. The lowest BCUT2D eigenvalue weighted by Crippen LogP contribution is -2.52. The Balaban J connectivity index is 2.14. The molecule has 6 N–H and O–H groups in total. The van der Waals surface area contributed by atoms with E-state index < -0.39 is 42.0 Å². The van der Waals surface area contributed by atoms with Gasteiger partial charge in [0.1, 0.15) is 12.1 Å². The van der Waals surface area contributed by atoms with Crippen molar-refractivity contribution >= 4 is 17.7 Å². The van der Waals surface area contributed by atoms with Crippen molar-refractivity contribution < 1.29 is 24.6 Å². The van der Waals surface area contributed by atoms with Crippen molar-refractivity contribution in [3.8, 4) is 0 Å². The van der Waals surface area contributed by atoms with E-state index in [9.17, 15) is 24.6 Å². The van der Waals surface area contributed by atoms with Crippen LogP contribution in [0, 0.1) is 5.92 Å². The Morgan fingerprint density at radius 3 is 2.57 bits per heavy atom. The van der Waals surface area contributed by atoms with Gasteiger partial charge in [-0.25, -0.2) is 0 Å². The maximum Gasteiger partial charge on any atom is 0.253 e. The topological polar surface area (TPSA) is 155 Å². The van der Waals surface area contributed by atoms with E-state index in [1.807, 2.05) is 13.8 Å². The first-order valence-corrected chi connectivity index (χ1v) is 9.07. The average Bonchev–Trinajstić information content (AvgIpc) is 2.64. The van der Waals surface area contributed by atoms with Crippen LogP contribution in [0.4, 0.5) is 0 Å². The quantitative estimate of drug-likeness (QED) is 0.413. The third-order valence-corrected chi connectivity index (χ3v) is 4.44. The Kier molecular flexibility index (Phi) is 7.24. The summed E-state index contributed by atoms with van der Waals surface area (Å²) in [5.74, 6) is -1.59. The van der Waals surface area contributed by atoms with Gasteiger partial charge >= 0.3 is 0 Å². The van der Waals surface area contributed by atoms with Gasteiger partial charge in [0.15, 0.2) is 0 Å². The Morgan fingerprint density at radius 1 is 1.29 bits per heavy atom. The standard InChI is InChI=1S/C19H26N4O5/c1-10(2)6-14(17(20)26)23-19(28)12-7-13(16(25)15(24)8-12)22-18(27)11-4-3-5-21-9-11/h3-5,7,9-10,13-16,24-25H,6,8H2,1-2H3,(H2,20,26)(H,22,27)(H,23,28)/t13-,14-,15-,16-/m1/s1. The number of aliphatic hydroxyl groups is 2. The van der Waals surface area contributed by atoms with Crippen molar-refractivity contribution in [3.05, 3.63) is 41.7 Å². The molecule has 152 valence electrons. The summed E-state index contributed by atoms with van der Waals surface area (Å²) in [4.78, 5) is 40.3. The van der Waals surface area contributed by atoms with Gasteiger partial charge in [0.2, 0.25) is 11.8 Å². The molecule has 4 atom stereocenters. The Labute approximate surface area is 163 Å². The molecular formula is C19H26N4O5. The minimum atomic E-state index is -1.28. The lowest BCUT2D eigenvalue weighted by Gasteiger charge is -2.31.